The van der Waals surface area contributed by atoms with Gasteiger partial charge in [0.15, 0.2) is 0 Å². The fourth-order valence-corrected chi connectivity index (χ4v) is 2.20. The van der Waals surface area contributed by atoms with Crippen molar-refractivity contribution in [2.45, 2.75) is 19.4 Å². The van der Waals surface area contributed by atoms with Crippen LogP contribution < -0.4 is 5.32 Å². The summed E-state index contributed by atoms with van der Waals surface area (Å²) >= 11 is 1.37. The van der Waals surface area contributed by atoms with E-state index in [1.807, 2.05) is 18.2 Å². The molecule has 0 saturated heterocycles. The number of ether oxygens (including phenoxy) is 1. The van der Waals surface area contributed by atoms with Crippen LogP contribution >= 0.6 is 11.5 Å². The monoisotopic (exact) mass is 264 g/mol. The van der Waals surface area contributed by atoms with Crippen molar-refractivity contribution in [1.82, 2.24) is 14.3 Å². The molecule has 0 bridgehead atoms. The van der Waals surface area contributed by atoms with E-state index in [-0.39, 0.29) is 6.04 Å². The normalized spacial score (nSPS) is 12.3. The zero-order valence-electron chi connectivity index (χ0n) is 10.5. The first-order chi connectivity index (χ1) is 8.79. The minimum atomic E-state index is 0.120. The molecule has 1 N–H and O–H groups in total. The highest BCUT2D eigenvalue weighted by Gasteiger charge is 2.09. The Morgan fingerprint density at radius 1 is 1.44 bits per heavy atom. The zero-order chi connectivity index (χ0) is 12.8. The molecule has 0 spiro atoms. The first kappa shape index (κ1) is 12.9. The van der Waals surface area contributed by atoms with Gasteiger partial charge < -0.3 is 10.1 Å². The van der Waals surface area contributed by atoms with Gasteiger partial charge in [0.25, 0.3) is 0 Å². The molecule has 0 saturated carbocycles. The van der Waals surface area contributed by atoms with E-state index in [0.29, 0.717) is 6.61 Å². The maximum Gasteiger partial charge on any atom is 0.203 e. The number of methoxy groups -OCH3 is 1. The molecule has 1 atom stereocenters. The Morgan fingerprint density at radius 3 is 3.06 bits per heavy atom. The highest BCUT2D eigenvalue weighted by atomic mass is 32.1. The third kappa shape index (κ3) is 3.48. The van der Waals surface area contributed by atoms with Crippen LogP contribution in [0.25, 0.3) is 0 Å². The molecule has 1 unspecified atom stereocenters. The first-order valence-electron chi connectivity index (χ1n) is 5.78. The lowest BCUT2D eigenvalue weighted by Gasteiger charge is -2.11. The van der Waals surface area contributed by atoms with Gasteiger partial charge in [0.2, 0.25) is 5.13 Å². The molecule has 96 valence electrons. The van der Waals surface area contributed by atoms with Crippen molar-refractivity contribution in [3.05, 3.63) is 35.9 Å². The van der Waals surface area contributed by atoms with Gasteiger partial charge in [-0.2, -0.15) is 4.37 Å². The quantitative estimate of drug-likeness (QED) is 0.867. The second kappa shape index (κ2) is 6.42. The van der Waals surface area contributed by atoms with Crippen molar-refractivity contribution >= 4 is 16.7 Å². The van der Waals surface area contributed by atoms with Gasteiger partial charge in [-0.1, -0.05) is 6.07 Å². The highest BCUT2D eigenvalue weighted by molar-refractivity contribution is 7.09. The van der Waals surface area contributed by atoms with Gasteiger partial charge in [-0.25, -0.2) is 4.98 Å². The lowest BCUT2D eigenvalue weighted by atomic mass is 10.2. The number of nitrogens with zero attached hydrogens (tertiary/aromatic N) is 3. The smallest absolute Gasteiger partial charge is 0.203 e. The van der Waals surface area contributed by atoms with Gasteiger partial charge in [-0.15, -0.1) is 0 Å². The van der Waals surface area contributed by atoms with Crippen LogP contribution in [0.5, 0.6) is 0 Å². The predicted molar refractivity (Wildman–Crippen MR) is 71.8 cm³/mol. The Bertz CT molecular complexity index is 474. The van der Waals surface area contributed by atoms with E-state index >= 15 is 0 Å². The molecule has 5 nitrogen and oxygen atoms in total. The van der Waals surface area contributed by atoms with E-state index in [2.05, 4.69) is 26.6 Å². The van der Waals surface area contributed by atoms with Crippen LogP contribution in [0.4, 0.5) is 5.13 Å². The van der Waals surface area contributed by atoms with Crippen LogP contribution in [0.1, 0.15) is 24.5 Å². The van der Waals surface area contributed by atoms with E-state index in [1.54, 1.807) is 13.3 Å². The van der Waals surface area contributed by atoms with E-state index in [0.717, 1.165) is 23.1 Å². The molecule has 18 heavy (non-hydrogen) atoms. The van der Waals surface area contributed by atoms with E-state index in [1.165, 1.54) is 11.5 Å². The van der Waals surface area contributed by atoms with Crippen molar-refractivity contribution in [3.8, 4) is 0 Å². The first-order valence-corrected chi connectivity index (χ1v) is 6.56. The lowest BCUT2D eigenvalue weighted by Crippen LogP contribution is -2.08. The molecule has 0 fully saturated rings. The highest BCUT2D eigenvalue weighted by Crippen LogP contribution is 2.19. The maximum atomic E-state index is 5.00. The summed E-state index contributed by atoms with van der Waals surface area (Å²) < 4.78 is 9.27. The van der Waals surface area contributed by atoms with Crippen LogP contribution in [0.3, 0.4) is 0 Å². The summed E-state index contributed by atoms with van der Waals surface area (Å²) in [6, 6.07) is 5.99. The van der Waals surface area contributed by atoms with Crippen LogP contribution in [-0.2, 0) is 11.2 Å². The number of hydrogen-bond donors (Lipinski definition) is 1. The SMILES string of the molecule is COCCc1nsc(NC(C)c2ccccn2)n1. The summed E-state index contributed by atoms with van der Waals surface area (Å²) in [5, 5.41) is 4.12. The zero-order valence-corrected chi connectivity index (χ0v) is 11.3. The van der Waals surface area contributed by atoms with Gasteiger partial charge >= 0.3 is 0 Å². The maximum absolute atomic E-state index is 5.00. The average molecular weight is 264 g/mol. The Hall–Kier alpha value is -1.53. The molecule has 2 aromatic rings. The van der Waals surface area contributed by atoms with Crippen molar-refractivity contribution in [3.63, 3.8) is 0 Å². The van der Waals surface area contributed by atoms with Crippen LogP contribution in [0, 0.1) is 0 Å². The summed E-state index contributed by atoms with van der Waals surface area (Å²) in [7, 11) is 1.68. The number of rotatable bonds is 6. The minimum absolute atomic E-state index is 0.120. The number of anilines is 1. The molecular formula is C12H16N4OS. The number of pyridine rings is 1. The fraction of sp³-hybridized carbons (Fsp3) is 0.417. The Morgan fingerprint density at radius 2 is 2.33 bits per heavy atom. The minimum Gasteiger partial charge on any atom is -0.384 e. The second-order valence-electron chi connectivity index (χ2n) is 3.88. The second-order valence-corrected chi connectivity index (χ2v) is 4.63. The molecule has 6 heteroatoms. The Kier molecular flexibility index (Phi) is 4.60. The fourth-order valence-electron chi connectivity index (χ4n) is 1.50. The lowest BCUT2D eigenvalue weighted by molar-refractivity contribution is 0.201. The number of nitrogens with one attached hydrogen (secondary N) is 1. The standard InChI is InChI=1S/C12H16N4OS/c1-9(10-5-3-4-7-13-10)14-12-15-11(16-18-12)6-8-17-2/h3-5,7,9H,6,8H2,1-2H3,(H,14,15,16). The van der Waals surface area contributed by atoms with Gasteiger partial charge in [-0.05, 0) is 19.1 Å². The molecule has 2 heterocycles. The van der Waals surface area contributed by atoms with Crippen molar-refractivity contribution in [1.29, 1.82) is 0 Å². The van der Waals surface area contributed by atoms with Crippen LogP contribution in [-0.4, -0.2) is 28.1 Å². The van der Waals surface area contributed by atoms with E-state index in [4.69, 9.17) is 4.74 Å². The summed E-state index contributed by atoms with van der Waals surface area (Å²) in [6.07, 6.45) is 2.53. The molecule has 2 rings (SSSR count). The summed E-state index contributed by atoms with van der Waals surface area (Å²) in [5.41, 5.74) is 0.992. The van der Waals surface area contributed by atoms with Crippen molar-refractivity contribution in [2.24, 2.45) is 0 Å². The van der Waals surface area contributed by atoms with Gasteiger partial charge in [0.05, 0.1) is 18.3 Å². The van der Waals surface area contributed by atoms with Crippen LogP contribution in [0.15, 0.2) is 24.4 Å². The van der Waals surface area contributed by atoms with Gasteiger partial charge in [0.1, 0.15) is 5.82 Å². The van der Waals surface area contributed by atoms with Crippen LogP contribution in [0.2, 0.25) is 0 Å². The molecule has 2 aromatic heterocycles. The molecule has 0 radical (unpaired) electrons. The number of aromatic nitrogens is 3. The predicted octanol–water partition coefficient (Wildman–Crippen LogP) is 2.30. The molecular weight excluding hydrogens is 248 g/mol. The van der Waals surface area contributed by atoms with Crippen molar-refractivity contribution in [2.75, 3.05) is 19.0 Å². The summed E-state index contributed by atoms with van der Waals surface area (Å²) in [6.45, 7) is 2.70. The average Bonchev–Trinajstić information content (AvgIpc) is 2.85. The molecule has 0 aromatic carbocycles. The van der Waals surface area contributed by atoms with Gasteiger partial charge in [-0.3, -0.25) is 4.98 Å². The topological polar surface area (TPSA) is 59.9 Å². The Balaban J connectivity index is 1.95. The number of hydrogen-bond acceptors (Lipinski definition) is 6. The molecule has 0 amide bonds. The third-order valence-electron chi connectivity index (χ3n) is 2.47. The molecule has 0 aliphatic heterocycles. The summed E-state index contributed by atoms with van der Waals surface area (Å²) in [4.78, 5) is 8.71. The molecule has 0 aliphatic carbocycles. The van der Waals surface area contributed by atoms with Crippen molar-refractivity contribution < 1.29 is 4.74 Å². The van der Waals surface area contributed by atoms with Gasteiger partial charge in [0, 0.05) is 31.3 Å². The largest absolute Gasteiger partial charge is 0.384 e. The van der Waals surface area contributed by atoms with E-state index < -0.39 is 0 Å². The molecule has 0 aliphatic rings. The summed E-state index contributed by atoms with van der Waals surface area (Å²) in [5.74, 6) is 0.817. The third-order valence-corrected chi connectivity index (χ3v) is 3.15. The van der Waals surface area contributed by atoms with E-state index in [9.17, 15) is 0 Å². The Labute approximate surface area is 110 Å².